The van der Waals surface area contributed by atoms with Crippen LogP contribution in [-0.2, 0) is 17.6 Å². The summed E-state index contributed by atoms with van der Waals surface area (Å²) < 4.78 is 0.942. The number of thiazole rings is 1. The van der Waals surface area contributed by atoms with E-state index in [1.54, 1.807) is 11.3 Å². The maximum absolute atomic E-state index is 10.6. The summed E-state index contributed by atoms with van der Waals surface area (Å²) in [7, 11) is 0. The molecule has 0 saturated heterocycles. The molecule has 0 unspecified atom stereocenters. The number of carboxylic acids is 1. The van der Waals surface area contributed by atoms with Crippen molar-refractivity contribution >= 4 is 29.1 Å². The zero-order valence-electron chi connectivity index (χ0n) is 10.3. The van der Waals surface area contributed by atoms with Gasteiger partial charge in [0.2, 0.25) is 0 Å². The summed E-state index contributed by atoms with van der Waals surface area (Å²) in [5.74, 6) is -0.641. The van der Waals surface area contributed by atoms with Crippen LogP contribution in [0.25, 0.3) is 0 Å². The van der Waals surface area contributed by atoms with Crippen LogP contribution in [0.1, 0.15) is 42.7 Å². The largest absolute Gasteiger partial charge is 0.481 e. The fourth-order valence-electron chi connectivity index (χ4n) is 3.24. The molecule has 0 aromatic carbocycles. The molecule has 18 heavy (non-hydrogen) atoms. The summed E-state index contributed by atoms with van der Waals surface area (Å²) in [5, 5.41) is 8.70. The van der Waals surface area contributed by atoms with Crippen molar-refractivity contribution in [3.05, 3.63) is 10.6 Å². The Bertz CT molecular complexity index is 464. The van der Waals surface area contributed by atoms with E-state index in [1.807, 2.05) is 0 Å². The summed E-state index contributed by atoms with van der Waals surface area (Å²) >= 11 is 3.09. The third-order valence-corrected chi connectivity index (χ3v) is 6.39. The minimum absolute atomic E-state index is 0.123. The first kappa shape index (κ1) is 12.5. The van der Waals surface area contributed by atoms with Crippen molar-refractivity contribution in [2.24, 2.45) is 5.41 Å². The van der Waals surface area contributed by atoms with Crippen molar-refractivity contribution in [1.29, 1.82) is 0 Å². The number of nitrogens with zero attached hydrogens (tertiary/aromatic N) is 1. The molecule has 1 saturated carbocycles. The zero-order chi connectivity index (χ0) is 12.6. The van der Waals surface area contributed by atoms with Crippen molar-refractivity contribution in [3.63, 3.8) is 0 Å². The highest BCUT2D eigenvalue weighted by molar-refractivity contribution is 8.01. The molecule has 1 heterocycles. The number of fused-ring (bicyclic) bond motifs is 1. The molecule has 1 fully saturated rings. The Morgan fingerprint density at radius 2 is 2.17 bits per heavy atom. The second-order valence-electron chi connectivity index (χ2n) is 5.42. The fraction of sp³-hybridized carbons (Fsp3) is 0.692. The molecule has 1 aromatic rings. The summed E-state index contributed by atoms with van der Waals surface area (Å²) in [4.78, 5) is 16.6. The molecule has 0 bridgehead atoms. The molecule has 98 valence electrons. The standard InChI is InChI=1S/C13H17NO2S2/c15-11(16)8-17-12-14-9-3-6-13(4-1-2-5-13)7-10(9)18-12/h1-8H2,(H,15,16). The lowest BCUT2D eigenvalue weighted by molar-refractivity contribution is -0.133. The summed E-state index contributed by atoms with van der Waals surface area (Å²) in [6, 6.07) is 0. The van der Waals surface area contributed by atoms with Crippen molar-refractivity contribution in [2.45, 2.75) is 49.3 Å². The van der Waals surface area contributed by atoms with E-state index in [0.717, 1.165) is 10.8 Å². The van der Waals surface area contributed by atoms with Crippen molar-refractivity contribution in [2.75, 3.05) is 5.75 Å². The monoisotopic (exact) mass is 283 g/mol. The quantitative estimate of drug-likeness (QED) is 0.864. The number of carbonyl (C=O) groups is 1. The van der Waals surface area contributed by atoms with Gasteiger partial charge in [-0.15, -0.1) is 11.3 Å². The number of carboxylic acid groups (broad SMARTS) is 1. The second kappa shape index (κ2) is 4.85. The van der Waals surface area contributed by atoms with Gasteiger partial charge in [0.25, 0.3) is 0 Å². The van der Waals surface area contributed by atoms with Gasteiger partial charge in [0.15, 0.2) is 4.34 Å². The minimum Gasteiger partial charge on any atom is -0.481 e. The average molecular weight is 283 g/mol. The van der Waals surface area contributed by atoms with Gasteiger partial charge in [0, 0.05) is 4.88 Å². The van der Waals surface area contributed by atoms with E-state index < -0.39 is 5.97 Å². The first-order valence-corrected chi connectivity index (χ1v) is 8.30. The molecular weight excluding hydrogens is 266 g/mol. The molecule has 2 aliphatic rings. The van der Waals surface area contributed by atoms with Crippen LogP contribution < -0.4 is 0 Å². The summed E-state index contributed by atoms with van der Waals surface area (Å²) in [6.45, 7) is 0. The van der Waals surface area contributed by atoms with Crippen LogP contribution in [0.4, 0.5) is 0 Å². The van der Waals surface area contributed by atoms with Crippen molar-refractivity contribution < 1.29 is 9.90 Å². The Morgan fingerprint density at radius 1 is 1.39 bits per heavy atom. The Hall–Kier alpha value is -0.550. The normalized spacial score (nSPS) is 21.1. The molecule has 3 rings (SSSR count). The number of aliphatic carboxylic acids is 1. The third-order valence-electron chi connectivity index (χ3n) is 4.17. The van der Waals surface area contributed by atoms with E-state index in [1.165, 1.54) is 60.9 Å². The molecule has 1 spiro atoms. The van der Waals surface area contributed by atoms with E-state index in [4.69, 9.17) is 5.11 Å². The van der Waals surface area contributed by atoms with Crippen molar-refractivity contribution in [1.82, 2.24) is 4.98 Å². The van der Waals surface area contributed by atoms with Crippen LogP contribution in [0.3, 0.4) is 0 Å². The lowest BCUT2D eigenvalue weighted by Crippen LogP contribution is -2.24. The molecule has 0 amide bonds. The fourth-order valence-corrected chi connectivity index (χ4v) is 5.39. The van der Waals surface area contributed by atoms with Crippen LogP contribution >= 0.6 is 23.1 Å². The predicted molar refractivity (Wildman–Crippen MR) is 73.4 cm³/mol. The Labute approximate surface area is 115 Å². The molecule has 0 atom stereocenters. The Morgan fingerprint density at radius 3 is 2.89 bits per heavy atom. The Balaban J connectivity index is 1.73. The lowest BCUT2D eigenvalue weighted by atomic mass is 9.74. The molecule has 2 aliphatic carbocycles. The number of hydrogen-bond donors (Lipinski definition) is 1. The van der Waals surface area contributed by atoms with E-state index in [2.05, 4.69) is 4.98 Å². The van der Waals surface area contributed by atoms with E-state index in [-0.39, 0.29) is 5.75 Å². The number of thioether (sulfide) groups is 1. The molecule has 0 radical (unpaired) electrons. The first-order chi connectivity index (χ1) is 8.67. The average Bonchev–Trinajstić information content (AvgIpc) is 2.93. The van der Waals surface area contributed by atoms with Crippen LogP contribution in [0.15, 0.2) is 4.34 Å². The van der Waals surface area contributed by atoms with Gasteiger partial charge in [-0.2, -0.15) is 0 Å². The zero-order valence-corrected chi connectivity index (χ0v) is 11.9. The topological polar surface area (TPSA) is 50.2 Å². The predicted octanol–water partition coefficient (Wildman–Crippen LogP) is 3.37. The highest BCUT2D eigenvalue weighted by atomic mass is 32.2. The smallest absolute Gasteiger partial charge is 0.313 e. The highest BCUT2D eigenvalue weighted by Gasteiger charge is 2.38. The van der Waals surface area contributed by atoms with E-state index >= 15 is 0 Å². The van der Waals surface area contributed by atoms with Gasteiger partial charge in [-0.3, -0.25) is 4.79 Å². The van der Waals surface area contributed by atoms with Gasteiger partial charge in [0.1, 0.15) is 0 Å². The molecule has 3 nitrogen and oxygen atoms in total. The number of rotatable bonds is 3. The summed E-state index contributed by atoms with van der Waals surface area (Å²) in [5.41, 5.74) is 1.80. The van der Waals surface area contributed by atoms with Crippen LogP contribution in [-0.4, -0.2) is 21.8 Å². The number of aromatic nitrogens is 1. The SMILES string of the molecule is O=C(O)CSc1nc2c(s1)CC1(CCCC1)CC2. The first-order valence-electron chi connectivity index (χ1n) is 6.50. The Kier molecular flexibility index (Phi) is 3.36. The number of aryl methyl sites for hydroxylation is 1. The van der Waals surface area contributed by atoms with Gasteiger partial charge in [0.05, 0.1) is 11.4 Å². The highest BCUT2D eigenvalue weighted by Crippen LogP contribution is 2.49. The van der Waals surface area contributed by atoms with Gasteiger partial charge in [-0.05, 0) is 37.5 Å². The molecule has 0 aliphatic heterocycles. The number of hydrogen-bond acceptors (Lipinski definition) is 4. The maximum Gasteiger partial charge on any atom is 0.313 e. The molecular formula is C13H17NO2S2. The van der Waals surface area contributed by atoms with Crippen LogP contribution in [0, 0.1) is 5.41 Å². The second-order valence-corrected chi connectivity index (χ2v) is 7.72. The molecule has 1 aromatic heterocycles. The van der Waals surface area contributed by atoms with E-state index in [9.17, 15) is 4.79 Å². The van der Waals surface area contributed by atoms with Crippen molar-refractivity contribution in [3.8, 4) is 0 Å². The van der Waals surface area contributed by atoms with Gasteiger partial charge in [-0.25, -0.2) is 4.98 Å². The third kappa shape index (κ3) is 2.43. The minimum atomic E-state index is -0.763. The maximum atomic E-state index is 10.6. The van der Waals surface area contributed by atoms with Gasteiger partial charge in [-0.1, -0.05) is 24.6 Å². The van der Waals surface area contributed by atoms with Gasteiger partial charge >= 0.3 is 5.97 Å². The van der Waals surface area contributed by atoms with Gasteiger partial charge < -0.3 is 5.11 Å². The molecule has 1 N–H and O–H groups in total. The summed E-state index contributed by atoms with van der Waals surface area (Å²) in [6.07, 6.45) is 9.09. The van der Waals surface area contributed by atoms with Crippen LogP contribution in [0.2, 0.25) is 0 Å². The lowest BCUT2D eigenvalue weighted by Gasteiger charge is -2.32. The van der Waals surface area contributed by atoms with E-state index in [0.29, 0.717) is 5.41 Å². The molecule has 5 heteroatoms. The van der Waals surface area contributed by atoms with Crippen LogP contribution in [0.5, 0.6) is 0 Å².